The van der Waals surface area contributed by atoms with Gasteiger partial charge in [0.2, 0.25) is 0 Å². The average molecular weight is 280 g/mol. The normalized spacial score (nSPS) is 10.9. The van der Waals surface area contributed by atoms with Crippen LogP contribution in [0.5, 0.6) is 0 Å². The largest absolute Gasteiger partial charge is 0.481 e. The molecule has 106 valence electrons. The zero-order valence-electron chi connectivity index (χ0n) is 11.5. The van der Waals surface area contributed by atoms with Gasteiger partial charge in [0.1, 0.15) is 0 Å². The zero-order chi connectivity index (χ0) is 14.8. The van der Waals surface area contributed by atoms with E-state index in [-0.39, 0.29) is 6.42 Å². The highest BCUT2D eigenvalue weighted by molar-refractivity contribution is 5.83. The molecule has 0 atom stereocenters. The van der Waals surface area contributed by atoms with Crippen molar-refractivity contribution in [3.63, 3.8) is 0 Å². The fraction of sp³-hybridized carbons (Fsp3) is 0.118. The first-order valence-electron chi connectivity index (χ1n) is 6.76. The fourth-order valence-corrected chi connectivity index (χ4v) is 2.57. The predicted octanol–water partition coefficient (Wildman–Crippen LogP) is 2.90. The molecule has 1 heterocycles. The molecule has 0 bridgehead atoms. The van der Waals surface area contributed by atoms with E-state index in [9.17, 15) is 4.79 Å². The standard InChI is InChI=1S/C17H16N2O2/c18-15-6-5-12-7-8-19(16(12)10-15)11-14-4-2-1-3-13(14)9-17(20)21/h1-8,10H,9,11,18H2,(H,20,21). The van der Waals surface area contributed by atoms with Gasteiger partial charge >= 0.3 is 5.97 Å². The van der Waals surface area contributed by atoms with Crippen LogP contribution in [0.3, 0.4) is 0 Å². The lowest BCUT2D eigenvalue weighted by Crippen LogP contribution is -2.06. The van der Waals surface area contributed by atoms with Gasteiger partial charge in [-0.1, -0.05) is 30.3 Å². The molecular formula is C17H16N2O2. The van der Waals surface area contributed by atoms with Gasteiger partial charge in [0.25, 0.3) is 0 Å². The third kappa shape index (κ3) is 2.74. The first-order valence-corrected chi connectivity index (χ1v) is 6.76. The molecule has 3 N–H and O–H groups in total. The molecule has 0 aliphatic rings. The third-order valence-electron chi connectivity index (χ3n) is 3.60. The quantitative estimate of drug-likeness (QED) is 0.722. The molecule has 0 fully saturated rings. The van der Waals surface area contributed by atoms with Crippen LogP contribution in [0.1, 0.15) is 11.1 Å². The fourth-order valence-electron chi connectivity index (χ4n) is 2.57. The second-order valence-corrected chi connectivity index (χ2v) is 5.10. The summed E-state index contributed by atoms with van der Waals surface area (Å²) in [5.41, 5.74) is 9.49. The van der Waals surface area contributed by atoms with Gasteiger partial charge in [-0.2, -0.15) is 0 Å². The molecule has 3 aromatic rings. The van der Waals surface area contributed by atoms with E-state index in [0.717, 1.165) is 27.7 Å². The minimum atomic E-state index is -0.816. The van der Waals surface area contributed by atoms with Gasteiger partial charge in [-0.05, 0) is 34.7 Å². The zero-order valence-corrected chi connectivity index (χ0v) is 11.5. The number of aromatic nitrogens is 1. The van der Waals surface area contributed by atoms with Crippen LogP contribution in [0.15, 0.2) is 54.7 Å². The van der Waals surface area contributed by atoms with E-state index >= 15 is 0 Å². The number of aliphatic carboxylic acids is 1. The Morgan fingerprint density at radius 3 is 2.62 bits per heavy atom. The summed E-state index contributed by atoms with van der Waals surface area (Å²) < 4.78 is 2.09. The van der Waals surface area contributed by atoms with Gasteiger partial charge < -0.3 is 15.4 Å². The van der Waals surface area contributed by atoms with Crippen molar-refractivity contribution < 1.29 is 9.90 Å². The Morgan fingerprint density at radius 1 is 1.10 bits per heavy atom. The van der Waals surface area contributed by atoms with Crippen LogP contribution in [0.25, 0.3) is 10.9 Å². The molecule has 2 aromatic carbocycles. The first kappa shape index (κ1) is 13.2. The van der Waals surface area contributed by atoms with Crippen molar-refractivity contribution in [1.29, 1.82) is 0 Å². The van der Waals surface area contributed by atoms with Crippen LogP contribution in [0.4, 0.5) is 5.69 Å². The van der Waals surface area contributed by atoms with Gasteiger partial charge in [-0.3, -0.25) is 4.79 Å². The number of rotatable bonds is 4. The number of nitrogen functional groups attached to an aromatic ring is 1. The maximum Gasteiger partial charge on any atom is 0.307 e. The number of nitrogens with zero attached hydrogens (tertiary/aromatic N) is 1. The molecule has 0 radical (unpaired) electrons. The summed E-state index contributed by atoms with van der Waals surface area (Å²) in [7, 11) is 0. The Labute approximate surface area is 122 Å². The van der Waals surface area contributed by atoms with Crippen molar-refractivity contribution in [1.82, 2.24) is 4.57 Å². The number of carboxylic acids is 1. The van der Waals surface area contributed by atoms with Crippen molar-refractivity contribution >= 4 is 22.6 Å². The monoisotopic (exact) mass is 280 g/mol. The third-order valence-corrected chi connectivity index (χ3v) is 3.60. The maximum atomic E-state index is 11.0. The van der Waals surface area contributed by atoms with E-state index in [1.807, 2.05) is 54.7 Å². The summed E-state index contributed by atoms with van der Waals surface area (Å²) in [5.74, 6) is -0.816. The van der Waals surface area contributed by atoms with Gasteiger partial charge in [0, 0.05) is 18.4 Å². The van der Waals surface area contributed by atoms with Gasteiger partial charge in [-0.15, -0.1) is 0 Å². The van der Waals surface area contributed by atoms with E-state index in [4.69, 9.17) is 10.8 Å². The summed E-state index contributed by atoms with van der Waals surface area (Å²) in [6.45, 7) is 0.635. The van der Waals surface area contributed by atoms with Gasteiger partial charge in [0.05, 0.1) is 11.9 Å². The number of benzene rings is 2. The summed E-state index contributed by atoms with van der Waals surface area (Å²) in [6.07, 6.45) is 2.04. The molecule has 0 saturated heterocycles. The molecule has 1 aromatic heterocycles. The smallest absolute Gasteiger partial charge is 0.307 e. The molecule has 0 aliphatic carbocycles. The summed E-state index contributed by atoms with van der Waals surface area (Å²) in [5, 5.41) is 10.1. The lowest BCUT2D eigenvalue weighted by atomic mass is 10.0. The van der Waals surface area contributed by atoms with Crippen molar-refractivity contribution in [2.24, 2.45) is 0 Å². The highest BCUT2D eigenvalue weighted by Gasteiger charge is 2.08. The number of carbonyl (C=O) groups is 1. The number of nitrogens with two attached hydrogens (primary N) is 1. The molecule has 21 heavy (non-hydrogen) atoms. The van der Waals surface area contributed by atoms with Crippen LogP contribution >= 0.6 is 0 Å². The van der Waals surface area contributed by atoms with Crippen LogP contribution in [0.2, 0.25) is 0 Å². The Hall–Kier alpha value is -2.75. The Kier molecular flexibility index (Phi) is 3.36. The first-order chi connectivity index (χ1) is 10.1. The summed E-state index contributed by atoms with van der Waals surface area (Å²) in [6, 6.07) is 15.5. The highest BCUT2D eigenvalue weighted by atomic mass is 16.4. The van der Waals surface area contributed by atoms with Crippen LogP contribution in [0, 0.1) is 0 Å². The van der Waals surface area contributed by atoms with Gasteiger partial charge in [-0.25, -0.2) is 0 Å². The molecule has 4 heteroatoms. The highest BCUT2D eigenvalue weighted by Crippen LogP contribution is 2.21. The van der Waals surface area contributed by atoms with Crippen molar-refractivity contribution in [2.45, 2.75) is 13.0 Å². The van der Waals surface area contributed by atoms with E-state index in [0.29, 0.717) is 6.54 Å². The number of anilines is 1. The predicted molar refractivity (Wildman–Crippen MR) is 83.2 cm³/mol. The molecule has 0 spiro atoms. The van der Waals surface area contributed by atoms with Crippen molar-refractivity contribution in [3.8, 4) is 0 Å². The number of carboxylic acid groups (broad SMARTS) is 1. The number of hydrogen-bond donors (Lipinski definition) is 2. The van der Waals surface area contributed by atoms with Gasteiger partial charge in [0.15, 0.2) is 0 Å². The second kappa shape index (κ2) is 5.32. The lowest BCUT2D eigenvalue weighted by molar-refractivity contribution is -0.136. The average Bonchev–Trinajstić information content (AvgIpc) is 2.83. The Morgan fingerprint density at radius 2 is 1.86 bits per heavy atom. The molecular weight excluding hydrogens is 264 g/mol. The SMILES string of the molecule is Nc1ccc2ccn(Cc3ccccc3CC(=O)O)c2c1. The maximum absolute atomic E-state index is 11.0. The minimum Gasteiger partial charge on any atom is -0.481 e. The van der Waals surface area contributed by atoms with E-state index in [1.54, 1.807) is 0 Å². The number of fused-ring (bicyclic) bond motifs is 1. The van der Waals surface area contributed by atoms with E-state index < -0.39 is 5.97 Å². The van der Waals surface area contributed by atoms with E-state index in [2.05, 4.69) is 4.57 Å². The second-order valence-electron chi connectivity index (χ2n) is 5.10. The topological polar surface area (TPSA) is 68.2 Å². The van der Waals surface area contributed by atoms with Crippen LogP contribution in [-0.4, -0.2) is 15.6 Å². The van der Waals surface area contributed by atoms with Crippen molar-refractivity contribution in [2.75, 3.05) is 5.73 Å². The van der Waals surface area contributed by atoms with E-state index in [1.165, 1.54) is 0 Å². The molecule has 0 saturated carbocycles. The Balaban J connectivity index is 1.99. The number of hydrogen-bond acceptors (Lipinski definition) is 2. The van der Waals surface area contributed by atoms with Crippen molar-refractivity contribution in [3.05, 3.63) is 65.9 Å². The minimum absolute atomic E-state index is 0.0392. The van der Waals surface area contributed by atoms with Crippen LogP contribution < -0.4 is 5.73 Å². The molecule has 0 amide bonds. The van der Waals surface area contributed by atoms with Crippen LogP contribution in [-0.2, 0) is 17.8 Å². The lowest BCUT2D eigenvalue weighted by Gasteiger charge is -2.10. The summed E-state index contributed by atoms with van der Waals surface area (Å²) >= 11 is 0. The molecule has 3 rings (SSSR count). The molecule has 4 nitrogen and oxygen atoms in total. The summed E-state index contributed by atoms with van der Waals surface area (Å²) in [4.78, 5) is 11.0. The molecule has 0 unspecified atom stereocenters. The molecule has 0 aliphatic heterocycles. The Bertz CT molecular complexity index is 805.